The normalized spacial score (nSPS) is 21.2. The summed E-state index contributed by atoms with van der Waals surface area (Å²) in [7, 11) is 0. The van der Waals surface area contributed by atoms with Crippen LogP contribution in [0.1, 0.15) is 25.3 Å². The van der Waals surface area contributed by atoms with E-state index in [9.17, 15) is 18.4 Å². The topological polar surface area (TPSA) is 94.0 Å². The molecule has 1 atom stereocenters. The van der Waals surface area contributed by atoms with Crippen molar-refractivity contribution in [1.82, 2.24) is 25.1 Å². The van der Waals surface area contributed by atoms with Crippen LogP contribution in [-0.2, 0) is 10.2 Å². The van der Waals surface area contributed by atoms with E-state index >= 15 is 0 Å². The zero-order chi connectivity index (χ0) is 24.6. The lowest BCUT2D eigenvalue weighted by Gasteiger charge is -2.39. The maximum atomic E-state index is 13.0. The number of pyridine rings is 2. The van der Waals surface area contributed by atoms with Gasteiger partial charge in [0.05, 0.1) is 43.0 Å². The molecule has 1 N–H and O–H groups in total. The van der Waals surface area contributed by atoms with E-state index in [0.717, 1.165) is 10.9 Å². The number of hydrogen-bond donors (Lipinski definition) is 1. The van der Waals surface area contributed by atoms with Gasteiger partial charge < -0.3 is 9.64 Å². The number of aromatic amines is 1. The van der Waals surface area contributed by atoms with Crippen LogP contribution in [-0.4, -0.2) is 76.7 Å². The van der Waals surface area contributed by atoms with Gasteiger partial charge in [0, 0.05) is 37.4 Å². The van der Waals surface area contributed by atoms with Gasteiger partial charge >= 0.3 is 6.18 Å². The molecule has 0 aliphatic carbocycles. The molecule has 2 aliphatic heterocycles. The van der Waals surface area contributed by atoms with Crippen molar-refractivity contribution >= 4 is 16.7 Å². The summed E-state index contributed by atoms with van der Waals surface area (Å²) in [5.41, 5.74) is 1.81. The smallest absolute Gasteiger partial charge is 0.377 e. The van der Waals surface area contributed by atoms with Crippen LogP contribution in [0.4, 0.5) is 19.0 Å². The second-order valence-electron chi connectivity index (χ2n) is 9.26. The number of alkyl halides is 3. The third kappa shape index (κ3) is 4.56. The van der Waals surface area contributed by atoms with Gasteiger partial charge in [0.1, 0.15) is 17.0 Å². The number of piperidine rings is 1. The highest BCUT2D eigenvalue weighted by molar-refractivity contribution is 5.94. The number of nitriles is 1. The molecule has 0 amide bonds. The number of ether oxygens (including phenoxy) is 1. The Hall–Kier alpha value is -3.23. The number of H-pyrrole nitrogens is 1. The molecule has 8 nitrogen and oxygen atoms in total. The van der Waals surface area contributed by atoms with E-state index in [0.29, 0.717) is 55.3 Å². The van der Waals surface area contributed by atoms with Crippen molar-refractivity contribution in [2.45, 2.75) is 37.4 Å². The molecule has 3 aromatic rings. The van der Waals surface area contributed by atoms with Gasteiger partial charge in [-0.25, -0.2) is 4.98 Å². The highest BCUT2D eigenvalue weighted by Gasteiger charge is 2.41. The van der Waals surface area contributed by atoms with Crippen molar-refractivity contribution in [1.29, 1.82) is 5.26 Å². The third-order valence-electron chi connectivity index (χ3n) is 6.97. The Balaban J connectivity index is 1.64. The Morgan fingerprint density at radius 3 is 2.69 bits per heavy atom. The van der Waals surface area contributed by atoms with Crippen LogP contribution in [0.3, 0.4) is 0 Å². The van der Waals surface area contributed by atoms with Crippen molar-refractivity contribution < 1.29 is 17.9 Å². The van der Waals surface area contributed by atoms with E-state index in [4.69, 9.17) is 9.72 Å². The van der Waals surface area contributed by atoms with Crippen molar-refractivity contribution in [3.63, 3.8) is 0 Å². The maximum absolute atomic E-state index is 13.0. The van der Waals surface area contributed by atoms with Crippen LogP contribution in [0.2, 0.25) is 0 Å². The number of nitrogens with one attached hydrogen (secondary N) is 1. The monoisotopic (exact) mass is 485 g/mol. The molecule has 3 aromatic heterocycles. The average Bonchev–Trinajstić information content (AvgIpc) is 3.38. The molecule has 0 unspecified atom stereocenters. The predicted molar refractivity (Wildman–Crippen MR) is 124 cm³/mol. The summed E-state index contributed by atoms with van der Waals surface area (Å²) >= 11 is 0. The SMILES string of the molecule is C[C@@H]1COCCN1c1cc(C2(C#N)CCN(CC(F)(F)F)CC2)c2ccnc(-c3ccn[nH]3)c2n1. The van der Waals surface area contributed by atoms with Gasteiger partial charge in [0.15, 0.2) is 0 Å². The van der Waals surface area contributed by atoms with E-state index in [1.165, 1.54) is 4.90 Å². The number of nitrogens with zero attached hydrogens (tertiary/aromatic N) is 6. The standard InChI is InChI=1S/C24H26F3N7O/c1-16-13-35-11-10-34(16)20-12-18(23(14-28)4-8-33(9-5-23)15-24(25,26)27)17-2-6-29-22(21(17)31-20)19-3-7-30-32-19/h2-3,6-7,12,16H,4-5,8-11,13,15H2,1H3,(H,30,32)/t16-/m1/s1. The van der Waals surface area contributed by atoms with Crippen LogP contribution in [0, 0.1) is 11.3 Å². The largest absolute Gasteiger partial charge is 0.401 e. The second-order valence-corrected chi connectivity index (χ2v) is 9.26. The molecule has 5 heterocycles. The van der Waals surface area contributed by atoms with Gasteiger partial charge in [-0.1, -0.05) is 0 Å². The number of fused-ring (bicyclic) bond motifs is 1. The maximum Gasteiger partial charge on any atom is 0.401 e. The van der Waals surface area contributed by atoms with E-state index < -0.39 is 18.1 Å². The number of likely N-dealkylation sites (tertiary alicyclic amines) is 1. The van der Waals surface area contributed by atoms with Gasteiger partial charge in [-0.15, -0.1) is 0 Å². The molecule has 0 saturated carbocycles. The second kappa shape index (κ2) is 9.09. The first-order chi connectivity index (χ1) is 16.8. The van der Waals surface area contributed by atoms with Crippen LogP contribution >= 0.6 is 0 Å². The molecule has 2 aliphatic rings. The minimum absolute atomic E-state index is 0.0838. The van der Waals surface area contributed by atoms with Crippen LogP contribution in [0.5, 0.6) is 0 Å². The fourth-order valence-corrected chi connectivity index (χ4v) is 5.12. The minimum atomic E-state index is -4.26. The Bertz CT molecular complexity index is 1230. The highest BCUT2D eigenvalue weighted by atomic mass is 19.4. The van der Waals surface area contributed by atoms with Crippen molar-refractivity contribution in [2.75, 3.05) is 44.3 Å². The summed E-state index contributed by atoms with van der Waals surface area (Å²) in [6.45, 7) is 3.26. The lowest BCUT2D eigenvalue weighted by molar-refractivity contribution is -0.148. The van der Waals surface area contributed by atoms with Crippen molar-refractivity contribution in [3.8, 4) is 17.5 Å². The summed E-state index contributed by atoms with van der Waals surface area (Å²) in [6.07, 6.45) is -0.348. The van der Waals surface area contributed by atoms with Gasteiger partial charge in [-0.3, -0.25) is 15.0 Å². The number of anilines is 1. The van der Waals surface area contributed by atoms with Gasteiger partial charge in [0.25, 0.3) is 0 Å². The molecule has 0 aromatic carbocycles. The van der Waals surface area contributed by atoms with Gasteiger partial charge in [-0.2, -0.15) is 23.5 Å². The lowest BCUT2D eigenvalue weighted by Crippen LogP contribution is -2.46. The Morgan fingerprint density at radius 2 is 2.03 bits per heavy atom. The molecule has 2 saturated heterocycles. The first-order valence-corrected chi connectivity index (χ1v) is 11.6. The Kier molecular flexibility index (Phi) is 6.11. The zero-order valence-electron chi connectivity index (χ0n) is 19.3. The van der Waals surface area contributed by atoms with E-state index in [1.54, 1.807) is 12.4 Å². The summed E-state index contributed by atoms with van der Waals surface area (Å²) in [5.74, 6) is 0.712. The van der Waals surface area contributed by atoms with Gasteiger partial charge in [-0.05, 0) is 43.5 Å². The fourth-order valence-electron chi connectivity index (χ4n) is 5.12. The summed E-state index contributed by atoms with van der Waals surface area (Å²) in [5, 5.41) is 18.2. The molecule has 11 heteroatoms. The molecule has 35 heavy (non-hydrogen) atoms. The number of hydrogen-bond acceptors (Lipinski definition) is 7. The first-order valence-electron chi connectivity index (χ1n) is 11.6. The summed E-state index contributed by atoms with van der Waals surface area (Å²) in [6, 6.07) is 8.16. The molecular formula is C24H26F3N7O. The number of rotatable bonds is 4. The third-order valence-corrected chi connectivity index (χ3v) is 6.97. The average molecular weight is 486 g/mol. The highest BCUT2D eigenvalue weighted by Crippen LogP contribution is 2.42. The molecule has 0 radical (unpaired) electrons. The Morgan fingerprint density at radius 1 is 1.23 bits per heavy atom. The molecule has 0 bridgehead atoms. The van der Waals surface area contributed by atoms with Crippen LogP contribution < -0.4 is 4.90 Å². The van der Waals surface area contributed by atoms with Crippen molar-refractivity contribution in [3.05, 3.63) is 36.2 Å². The quantitative estimate of drug-likeness (QED) is 0.603. The van der Waals surface area contributed by atoms with E-state index in [-0.39, 0.29) is 19.1 Å². The number of aromatic nitrogens is 4. The zero-order valence-corrected chi connectivity index (χ0v) is 19.3. The van der Waals surface area contributed by atoms with E-state index in [1.807, 2.05) is 18.2 Å². The first kappa shape index (κ1) is 23.5. The van der Waals surface area contributed by atoms with Crippen LogP contribution in [0.15, 0.2) is 30.6 Å². The summed E-state index contributed by atoms with van der Waals surface area (Å²) in [4.78, 5) is 13.1. The fraction of sp³-hybridized carbons (Fsp3) is 0.500. The molecule has 5 rings (SSSR count). The molecular weight excluding hydrogens is 459 g/mol. The van der Waals surface area contributed by atoms with Gasteiger partial charge in [0.2, 0.25) is 0 Å². The molecule has 2 fully saturated rings. The van der Waals surface area contributed by atoms with Crippen LogP contribution in [0.25, 0.3) is 22.3 Å². The Labute approximate surface area is 200 Å². The molecule has 0 spiro atoms. The summed E-state index contributed by atoms with van der Waals surface area (Å²) < 4.78 is 44.5. The molecule has 184 valence electrons. The number of halogens is 3. The van der Waals surface area contributed by atoms with E-state index in [2.05, 4.69) is 33.1 Å². The number of morpholine rings is 1. The lowest BCUT2D eigenvalue weighted by atomic mass is 9.72. The predicted octanol–water partition coefficient (Wildman–Crippen LogP) is 3.66. The minimum Gasteiger partial charge on any atom is -0.377 e. The van der Waals surface area contributed by atoms with Crippen molar-refractivity contribution in [2.24, 2.45) is 0 Å².